The second-order valence-electron chi connectivity index (χ2n) is 5.99. The van der Waals surface area contributed by atoms with Crippen LogP contribution in [0.1, 0.15) is 19.4 Å². The molecule has 0 radical (unpaired) electrons. The fourth-order valence-corrected chi connectivity index (χ4v) is 3.32. The molecule has 1 heterocycles. The van der Waals surface area contributed by atoms with Crippen molar-refractivity contribution in [1.82, 2.24) is 0 Å². The number of anilines is 1. The summed E-state index contributed by atoms with van der Waals surface area (Å²) in [6.45, 7) is 3.43. The number of benzene rings is 2. The molecule has 2 aromatic carbocycles. The number of carbonyl (C=O) groups excluding carboxylic acids is 2. The molecule has 1 aliphatic heterocycles. The minimum Gasteiger partial charge on any atom is -0.462 e. The molecule has 0 saturated heterocycles. The maximum atomic E-state index is 14.3. The lowest BCUT2D eigenvalue weighted by Gasteiger charge is -2.18. The molecule has 3 rings (SSSR count). The highest BCUT2D eigenvalue weighted by Crippen LogP contribution is 2.37. The Labute approximate surface area is 171 Å². The van der Waals surface area contributed by atoms with E-state index >= 15 is 0 Å². The normalized spacial score (nSPS) is 15.5. The van der Waals surface area contributed by atoms with Crippen molar-refractivity contribution in [3.05, 3.63) is 80.7 Å². The highest BCUT2D eigenvalue weighted by atomic mass is 35.5. The van der Waals surface area contributed by atoms with E-state index in [9.17, 15) is 14.0 Å². The first-order valence-corrected chi connectivity index (χ1v) is 9.24. The van der Waals surface area contributed by atoms with Crippen molar-refractivity contribution in [2.45, 2.75) is 13.8 Å². The van der Waals surface area contributed by atoms with Crippen LogP contribution in [0.25, 0.3) is 6.08 Å². The van der Waals surface area contributed by atoms with Gasteiger partial charge in [-0.25, -0.2) is 9.18 Å². The predicted molar refractivity (Wildman–Crippen MR) is 108 cm³/mol. The summed E-state index contributed by atoms with van der Waals surface area (Å²) in [6, 6.07) is 10.8. The average Bonchev–Trinajstić information content (AvgIpc) is 2.89. The van der Waals surface area contributed by atoms with E-state index in [1.54, 1.807) is 38.1 Å². The van der Waals surface area contributed by atoms with E-state index in [2.05, 4.69) is 0 Å². The van der Waals surface area contributed by atoms with E-state index in [0.29, 0.717) is 16.4 Å². The first-order valence-electron chi connectivity index (χ1n) is 8.49. The molecule has 0 atom stereocenters. The van der Waals surface area contributed by atoms with E-state index in [0.717, 1.165) is 0 Å². The van der Waals surface area contributed by atoms with Crippen LogP contribution >= 0.6 is 23.2 Å². The number of nitrogens with zero attached hydrogens (tertiary/aromatic N) is 1. The van der Waals surface area contributed by atoms with Crippen LogP contribution in [0, 0.1) is 5.82 Å². The lowest BCUT2D eigenvalue weighted by Crippen LogP contribution is -2.24. The van der Waals surface area contributed by atoms with Crippen molar-refractivity contribution < 1.29 is 18.7 Å². The molecule has 0 unspecified atom stereocenters. The quantitative estimate of drug-likeness (QED) is 0.492. The number of ether oxygens (including phenoxy) is 1. The summed E-state index contributed by atoms with van der Waals surface area (Å²) in [6.07, 6.45) is 1.28. The Morgan fingerprint density at radius 1 is 1.18 bits per heavy atom. The first kappa shape index (κ1) is 20.1. The van der Waals surface area contributed by atoms with Crippen molar-refractivity contribution in [1.29, 1.82) is 0 Å². The van der Waals surface area contributed by atoms with Gasteiger partial charge in [0.1, 0.15) is 5.82 Å². The summed E-state index contributed by atoms with van der Waals surface area (Å²) in [5.74, 6) is -1.75. The molecule has 1 amide bonds. The number of rotatable bonds is 4. The maximum absolute atomic E-state index is 14.3. The Morgan fingerprint density at radius 3 is 2.46 bits per heavy atom. The van der Waals surface area contributed by atoms with Crippen LogP contribution in [-0.2, 0) is 14.3 Å². The molecule has 2 aromatic rings. The molecule has 1 aliphatic rings. The van der Waals surface area contributed by atoms with Gasteiger partial charge < -0.3 is 4.74 Å². The van der Waals surface area contributed by atoms with Gasteiger partial charge in [-0.05, 0) is 56.3 Å². The summed E-state index contributed by atoms with van der Waals surface area (Å²) in [5.41, 5.74) is 1.01. The molecule has 0 spiro atoms. The smallest absolute Gasteiger partial charge is 0.340 e. The predicted octanol–water partition coefficient (Wildman–Crippen LogP) is 5.40. The molecule has 0 N–H and O–H groups in total. The van der Waals surface area contributed by atoms with Crippen molar-refractivity contribution >= 4 is 46.8 Å². The summed E-state index contributed by atoms with van der Waals surface area (Å²) in [7, 11) is 0. The molecular formula is C21H16Cl2FNO3. The Balaban J connectivity index is 2.18. The van der Waals surface area contributed by atoms with E-state index in [4.69, 9.17) is 27.9 Å². The van der Waals surface area contributed by atoms with Crippen LogP contribution < -0.4 is 4.90 Å². The molecule has 0 aliphatic carbocycles. The average molecular weight is 420 g/mol. The van der Waals surface area contributed by atoms with Crippen LogP contribution in [0.4, 0.5) is 10.1 Å². The van der Waals surface area contributed by atoms with Crippen LogP contribution in [-0.4, -0.2) is 18.5 Å². The van der Waals surface area contributed by atoms with Crippen molar-refractivity contribution in [3.63, 3.8) is 0 Å². The number of esters is 1. The third kappa shape index (κ3) is 3.68. The van der Waals surface area contributed by atoms with E-state index < -0.39 is 17.7 Å². The summed E-state index contributed by atoms with van der Waals surface area (Å²) < 4.78 is 19.4. The molecule has 144 valence electrons. The highest BCUT2D eigenvalue weighted by molar-refractivity contribution is 6.33. The third-order valence-corrected chi connectivity index (χ3v) is 4.83. The molecular weight excluding hydrogens is 404 g/mol. The third-order valence-electron chi connectivity index (χ3n) is 4.25. The van der Waals surface area contributed by atoms with Gasteiger partial charge in [0, 0.05) is 22.0 Å². The van der Waals surface area contributed by atoms with Crippen molar-refractivity contribution in [3.8, 4) is 0 Å². The van der Waals surface area contributed by atoms with Crippen molar-refractivity contribution in [2.75, 3.05) is 11.5 Å². The molecule has 0 bridgehead atoms. The number of amides is 1. The standard InChI is InChI=1S/C21H16Cl2FNO3/c1-3-28-21(27)19-12(2)25(14-9-7-13(22)8-10-14)20(26)16(19)11-15-17(23)5-4-6-18(15)24/h4-11H,3H2,1-2H3/b16-11+. The number of allylic oxidation sites excluding steroid dienone is 1. The SMILES string of the molecule is CCOC(=O)C1=C(C)N(c2ccc(Cl)cc2)C(=O)/C1=C/c1c(F)cccc1Cl. The minimum absolute atomic E-state index is 0.0119. The van der Waals surface area contributed by atoms with Gasteiger partial charge in [-0.2, -0.15) is 0 Å². The largest absolute Gasteiger partial charge is 0.462 e. The Bertz CT molecular complexity index is 993. The number of halogens is 3. The molecule has 4 nitrogen and oxygen atoms in total. The monoisotopic (exact) mass is 419 g/mol. The molecule has 0 fully saturated rings. The van der Waals surface area contributed by atoms with Crippen LogP contribution in [0.3, 0.4) is 0 Å². The van der Waals surface area contributed by atoms with Gasteiger partial charge in [0.2, 0.25) is 0 Å². The zero-order valence-corrected chi connectivity index (χ0v) is 16.6. The summed E-state index contributed by atoms with van der Waals surface area (Å²) in [4.78, 5) is 27.1. The molecule has 7 heteroatoms. The maximum Gasteiger partial charge on any atom is 0.340 e. The lowest BCUT2D eigenvalue weighted by molar-refractivity contribution is -0.138. The van der Waals surface area contributed by atoms with Gasteiger partial charge in [0.15, 0.2) is 0 Å². The van der Waals surface area contributed by atoms with Crippen LogP contribution in [0.15, 0.2) is 59.3 Å². The van der Waals surface area contributed by atoms with Gasteiger partial charge in [-0.1, -0.05) is 29.3 Å². The van der Waals surface area contributed by atoms with Crippen molar-refractivity contribution in [2.24, 2.45) is 0 Å². The first-order chi connectivity index (χ1) is 13.3. The number of carbonyl (C=O) groups is 2. The Hall–Kier alpha value is -2.63. The van der Waals surface area contributed by atoms with E-state index in [-0.39, 0.29) is 28.3 Å². The zero-order chi connectivity index (χ0) is 20.4. The van der Waals surface area contributed by atoms with Crippen LogP contribution in [0.5, 0.6) is 0 Å². The van der Waals surface area contributed by atoms with E-state index in [1.807, 2.05) is 0 Å². The summed E-state index contributed by atoms with van der Waals surface area (Å²) in [5, 5.41) is 0.641. The second-order valence-corrected chi connectivity index (χ2v) is 6.83. The van der Waals surface area contributed by atoms with Gasteiger partial charge in [0.05, 0.1) is 22.8 Å². The Kier molecular flexibility index (Phi) is 5.87. The molecule has 28 heavy (non-hydrogen) atoms. The molecule has 0 aromatic heterocycles. The zero-order valence-electron chi connectivity index (χ0n) is 15.1. The van der Waals surface area contributed by atoms with Crippen LogP contribution in [0.2, 0.25) is 10.0 Å². The van der Waals surface area contributed by atoms with Gasteiger partial charge in [-0.3, -0.25) is 9.69 Å². The molecule has 0 saturated carbocycles. The fraction of sp³-hybridized carbons (Fsp3) is 0.143. The fourth-order valence-electron chi connectivity index (χ4n) is 2.98. The van der Waals surface area contributed by atoms with Gasteiger partial charge >= 0.3 is 5.97 Å². The topological polar surface area (TPSA) is 46.6 Å². The van der Waals surface area contributed by atoms with E-state index in [1.165, 1.54) is 29.2 Å². The van der Waals surface area contributed by atoms with Gasteiger partial charge in [-0.15, -0.1) is 0 Å². The van der Waals surface area contributed by atoms with Gasteiger partial charge in [0.25, 0.3) is 5.91 Å². The second kappa shape index (κ2) is 8.17. The highest BCUT2D eigenvalue weighted by Gasteiger charge is 2.38. The number of hydrogen-bond acceptors (Lipinski definition) is 3. The lowest BCUT2D eigenvalue weighted by atomic mass is 10.0. The Morgan fingerprint density at radius 2 is 1.86 bits per heavy atom. The summed E-state index contributed by atoms with van der Waals surface area (Å²) >= 11 is 12.0. The number of hydrogen-bond donors (Lipinski definition) is 0. The minimum atomic E-state index is -0.663.